The van der Waals surface area contributed by atoms with Gasteiger partial charge in [0.05, 0.1) is 17.2 Å². The zero-order valence-corrected chi connectivity index (χ0v) is 21.5. The maximum absolute atomic E-state index is 13.5. The van der Waals surface area contributed by atoms with Crippen molar-refractivity contribution in [2.24, 2.45) is 0 Å². The Labute approximate surface area is 221 Å². The van der Waals surface area contributed by atoms with Crippen molar-refractivity contribution in [3.8, 4) is 11.3 Å². The Balaban J connectivity index is 1.66. The van der Waals surface area contributed by atoms with Crippen LogP contribution in [0.4, 0.5) is 5.69 Å². The lowest BCUT2D eigenvalue weighted by molar-refractivity contribution is -0.384. The Hall–Kier alpha value is -4.31. The number of carbonyl (C=O) groups excluding carboxylic acids is 2. The van der Waals surface area contributed by atoms with E-state index in [0.29, 0.717) is 24.2 Å². The second kappa shape index (κ2) is 11.6. The summed E-state index contributed by atoms with van der Waals surface area (Å²) in [5.41, 5.74) is 3.16. The minimum Gasteiger partial charge on any atom is -0.357 e. The number of benzene rings is 3. The number of nitro groups is 1. The number of nitro benzene ring substituents is 1. The fourth-order valence-corrected chi connectivity index (χ4v) is 4.33. The molecular formula is C27H24BrN5O4. The number of nitrogens with one attached hydrogen (secondary N) is 2. The Kier molecular flexibility index (Phi) is 8.09. The van der Waals surface area contributed by atoms with Crippen LogP contribution < -0.4 is 10.6 Å². The van der Waals surface area contributed by atoms with Crippen LogP contribution >= 0.6 is 15.9 Å². The van der Waals surface area contributed by atoms with Gasteiger partial charge in [-0.2, -0.15) is 5.10 Å². The second-order valence-electron chi connectivity index (χ2n) is 8.34. The van der Waals surface area contributed by atoms with E-state index in [4.69, 9.17) is 0 Å². The maximum Gasteiger partial charge on any atom is 0.270 e. The van der Waals surface area contributed by atoms with Crippen LogP contribution in [0.3, 0.4) is 0 Å². The molecule has 2 N–H and O–H groups in total. The van der Waals surface area contributed by atoms with Crippen LogP contribution in [-0.2, 0) is 17.8 Å². The number of nitrogens with zero attached hydrogens (tertiary/aromatic N) is 3. The number of carbonyl (C=O) groups is 2. The molecule has 0 bridgehead atoms. The third-order valence-electron chi connectivity index (χ3n) is 5.76. The van der Waals surface area contributed by atoms with Crippen molar-refractivity contribution in [1.82, 2.24) is 20.4 Å². The summed E-state index contributed by atoms with van der Waals surface area (Å²) in [6.07, 6.45) is 0.298. The van der Waals surface area contributed by atoms with Gasteiger partial charge in [0, 0.05) is 35.6 Å². The Morgan fingerprint density at radius 2 is 1.70 bits per heavy atom. The van der Waals surface area contributed by atoms with Crippen molar-refractivity contribution in [1.29, 1.82) is 0 Å². The van der Waals surface area contributed by atoms with Crippen LogP contribution in [0.2, 0.25) is 0 Å². The summed E-state index contributed by atoms with van der Waals surface area (Å²) < 4.78 is 2.45. The van der Waals surface area contributed by atoms with E-state index < -0.39 is 16.9 Å². The second-order valence-corrected chi connectivity index (χ2v) is 9.25. The first kappa shape index (κ1) is 25.8. The lowest BCUT2D eigenvalue weighted by atomic mass is 10.0. The highest BCUT2D eigenvalue weighted by molar-refractivity contribution is 9.10. The molecule has 3 aromatic carbocycles. The summed E-state index contributed by atoms with van der Waals surface area (Å²) in [6.45, 7) is 0.326. The Bertz CT molecular complexity index is 1420. The minimum absolute atomic E-state index is 0.0357. The third kappa shape index (κ3) is 6.47. The minimum atomic E-state index is -0.810. The molecule has 0 saturated heterocycles. The summed E-state index contributed by atoms with van der Waals surface area (Å²) in [5, 5.41) is 21.1. The summed E-state index contributed by atoms with van der Waals surface area (Å²) in [5.74, 6) is -0.779. The summed E-state index contributed by atoms with van der Waals surface area (Å²) in [4.78, 5) is 36.7. The van der Waals surface area contributed by atoms with Crippen LogP contribution in [0.15, 0.2) is 89.4 Å². The van der Waals surface area contributed by atoms with Gasteiger partial charge in [0.25, 0.3) is 11.6 Å². The van der Waals surface area contributed by atoms with E-state index in [1.54, 1.807) is 22.9 Å². The number of amides is 2. The molecule has 0 fully saturated rings. The van der Waals surface area contributed by atoms with E-state index in [-0.39, 0.29) is 17.3 Å². The van der Waals surface area contributed by atoms with Gasteiger partial charge in [0.1, 0.15) is 11.7 Å². The zero-order valence-electron chi connectivity index (χ0n) is 19.9. The monoisotopic (exact) mass is 561 g/mol. The predicted molar refractivity (Wildman–Crippen MR) is 143 cm³/mol. The quantitative estimate of drug-likeness (QED) is 0.232. The largest absolute Gasteiger partial charge is 0.357 e. The van der Waals surface area contributed by atoms with Crippen molar-refractivity contribution in [3.05, 3.63) is 116 Å². The van der Waals surface area contributed by atoms with Crippen LogP contribution in [0.1, 0.15) is 21.6 Å². The number of likely N-dealkylation sites (N-methyl/N-ethyl adjacent to an activating group) is 1. The van der Waals surface area contributed by atoms with Gasteiger partial charge in [-0.05, 0) is 41.5 Å². The van der Waals surface area contributed by atoms with Crippen molar-refractivity contribution in [3.63, 3.8) is 0 Å². The number of aromatic nitrogens is 2. The number of rotatable bonds is 9. The SMILES string of the molecule is CNC(=O)C(Cc1cccc(Br)c1)NC(=O)c1cc(-c2ccc([N+](=O)[O-])cc2)nn1Cc1ccccc1. The van der Waals surface area contributed by atoms with Gasteiger partial charge in [-0.3, -0.25) is 24.4 Å². The summed E-state index contributed by atoms with van der Waals surface area (Å²) in [6, 6.07) is 23.9. The number of non-ortho nitro benzene ring substituents is 1. The summed E-state index contributed by atoms with van der Waals surface area (Å²) in [7, 11) is 1.52. The smallest absolute Gasteiger partial charge is 0.270 e. The molecule has 4 rings (SSSR count). The van der Waals surface area contributed by atoms with Gasteiger partial charge in [0.15, 0.2) is 0 Å². The first-order chi connectivity index (χ1) is 17.8. The highest BCUT2D eigenvalue weighted by Crippen LogP contribution is 2.23. The van der Waals surface area contributed by atoms with E-state index >= 15 is 0 Å². The molecule has 1 heterocycles. The van der Waals surface area contributed by atoms with Crippen molar-refractivity contribution >= 4 is 33.4 Å². The molecule has 2 amide bonds. The number of hydrogen-bond acceptors (Lipinski definition) is 5. The fourth-order valence-electron chi connectivity index (χ4n) is 3.89. The molecule has 0 aliphatic carbocycles. The van der Waals surface area contributed by atoms with Gasteiger partial charge in [-0.25, -0.2) is 0 Å². The van der Waals surface area contributed by atoms with E-state index in [1.807, 2.05) is 54.6 Å². The molecule has 0 radical (unpaired) electrons. The number of hydrogen-bond donors (Lipinski definition) is 2. The molecule has 4 aromatic rings. The van der Waals surface area contributed by atoms with E-state index in [9.17, 15) is 19.7 Å². The number of halogens is 1. The summed E-state index contributed by atoms with van der Waals surface area (Å²) >= 11 is 3.44. The van der Waals surface area contributed by atoms with Crippen molar-refractivity contribution in [2.75, 3.05) is 7.05 Å². The molecule has 0 spiro atoms. The lowest BCUT2D eigenvalue weighted by Gasteiger charge is -2.18. The van der Waals surface area contributed by atoms with Crippen LogP contribution in [0.25, 0.3) is 11.3 Å². The molecule has 188 valence electrons. The van der Waals surface area contributed by atoms with Gasteiger partial charge in [-0.15, -0.1) is 0 Å². The standard InChI is InChI=1S/C27H24BrN5O4/c1-29-26(34)24(15-19-8-5-9-21(28)14-19)30-27(35)25-16-23(20-10-12-22(13-11-20)33(36)37)31-32(25)17-18-6-3-2-4-7-18/h2-14,16,24H,15,17H2,1H3,(H,29,34)(H,30,35). The van der Waals surface area contributed by atoms with Crippen molar-refractivity contribution in [2.45, 2.75) is 19.0 Å². The topological polar surface area (TPSA) is 119 Å². The molecule has 37 heavy (non-hydrogen) atoms. The Morgan fingerprint density at radius 3 is 2.35 bits per heavy atom. The fraction of sp³-hybridized carbons (Fsp3) is 0.148. The van der Waals surface area contributed by atoms with Crippen molar-refractivity contribution < 1.29 is 14.5 Å². The average molecular weight is 562 g/mol. The first-order valence-electron chi connectivity index (χ1n) is 11.5. The van der Waals surface area contributed by atoms with E-state index in [1.165, 1.54) is 19.2 Å². The normalized spacial score (nSPS) is 11.5. The van der Waals surface area contributed by atoms with Gasteiger partial charge in [0.2, 0.25) is 5.91 Å². The molecule has 1 unspecified atom stereocenters. The molecular weight excluding hydrogens is 538 g/mol. The van der Waals surface area contributed by atoms with Gasteiger partial charge < -0.3 is 10.6 Å². The molecule has 1 atom stereocenters. The molecule has 0 aliphatic heterocycles. The van der Waals surface area contributed by atoms with Crippen LogP contribution in [-0.4, -0.2) is 39.6 Å². The first-order valence-corrected chi connectivity index (χ1v) is 12.3. The third-order valence-corrected chi connectivity index (χ3v) is 6.25. The molecule has 0 aliphatic rings. The highest BCUT2D eigenvalue weighted by atomic mass is 79.9. The van der Waals surface area contributed by atoms with E-state index in [0.717, 1.165) is 15.6 Å². The highest BCUT2D eigenvalue weighted by Gasteiger charge is 2.24. The molecule has 1 aromatic heterocycles. The lowest BCUT2D eigenvalue weighted by Crippen LogP contribution is -2.47. The van der Waals surface area contributed by atoms with E-state index in [2.05, 4.69) is 31.7 Å². The maximum atomic E-state index is 13.5. The molecule has 10 heteroatoms. The molecule has 9 nitrogen and oxygen atoms in total. The van der Waals surface area contributed by atoms with Gasteiger partial charge >= 0.3 is 0 Å². The predicted octanol–water partition coefficient (Wildman–Crippen LogP) is 4.36. The Morgan fingerprint density at radius 1 is 1.00 bits per heavy atom. The van der Waals surface area contributed by atoms with Crippen LogP contribution in [0.5, 0.6) is 0 Å². The van der Waals surface area contributed by atoms with Gasteiger partial charge in [-0.1, -0.05) is 58.4 Å². The van der Waals surface area contributed by atoms with Crippen LogP contribution in [0, 0.1) is 10.1 Å². The zero-order chi connectivity index (χ0) is 26.4. The average Bonchev–Trinajstić information content (AvgIpc) is 3.32. The molecule has 0 saturated carbocycles.